The molecule has 4 rings (SSSR count). The Morgan fingerprint density at radius 3 is 2.69 bits per heavy atom. The van der Waals surface area contributed by atoms with Crippen molar-refractivity contribution in [2.24, 2.45) is 0 Å². The summed E-state index contributed by atoms with van der Waals surface area (Å²) in [6.45, 7) is 2.32. The average molecular weight is 468 g/mol. The molecule has 6 nitrogen and oxygen atoms in total. The second-order valence-electron chi connectivity index (χ2n) is 6.73. The van der Waals surface area contributed by atoms with Crippen LogP contribution in [0, 0.1) is 6.92 Å². The highest BCUT2D eigenvalue weighted by atomic mass is 35.5. The molecule has 1 saturated heterocycles. The molecular weight excluding hydrogens is 450 g/mol. The Balaban J connectivity index is 1.50. The SMILES string of the molecule is Cc1ccc(-c2csc(NC(=O)C3CCCN3S(=O)(=O)c3ccc(Cl)s3)n2)cc1. The maximum Gasteiger partial charge on any atom is 0.253 e. The molecule has 29 heavy (non-hydrogen) atoms. The van der Waals surface area contributed by atoms with Gasteiger partial charge in [-0.05, 0) is 31.9 Å². The summed E-state index contributed by atoms with van der Waals surface area (Å²) in [6, 6.07) is 10.2. The number of aryl methyl sites for hydroxylation is 1. The number of carbonyl (C=O) groups is 1. The molecule has 3 heterocycles. The molecule has 1 N–H and O–H groups in total. The number of sulfonamides is 1. The lowest BCUT2D eigenvalue weighted by molar-refractivity contribution is -0.119. The zero-order valence-corrected chi connectivity index (χ0v) is 18.7. The molecule has 10 heteroatoms. The number of benzene rings is 1. The fourth-order valence-electron chi connectivity index (χ4n) is 3.22. The minimum Gasteiger partial charge on any atom is -0.301 e. The van der Waals surface area contributed by atoms with E-state index in [-0.39, 0.29) is 10.1 Å². The molecule has 1 aromatic carbocycles. The molecule has 0 bridgehead atoms. The van der Waals surface area contributed by atoms with Crippen molar-refractivity contribution < 1.29 is 13.2 Å². The van der Waals surface area contributed by atoms with Gasteiger partial charge in [-0.25, -0.2) is 13.4 Å². The monoisotopic (exact) mass is 467 g/mol. The largest absolute Gasteiger partial charge is 0.301 e. The molecule has 1 aliphatic heterocycles. The normalized spacial score (nSPS) is 17.5. The van der Waals surface area contributed by atoms with Crippen molar-refractivity contribution in [3.63, 3.8) is 0 Å². The van der Waals surface area contributed by atoms with Crippen molar-refractivity contribution in [3.8, 4) is 11.3 Å². The van der Waals surface area contributed by atoms with Gasteiger partial charge in [-0.15, -0.1) is 22.7 Å². The second-order valence-corrected chi connectivity index (χ2v) is 11.4. The van der Waals surface area contributed by atoms with Crippen molar-refractivity contribution in [1.29, 1.82) is 0 Å². The molecular formula is C19H18ClN3O3S3. The molecule has 152 valence electrons. The molecule has 2 aromatic heterocycles. The first-order chi connectivity index (χ1) is 13.8. The van der Waals surface area contributed by atoms with E-state index in [1.807, 2.05) is 36.6 Å². The number of anilines is 1. The standard InChI is InChI=1S/C19H18ClN3O3S3/c1-12-4-6-13(7-5-12)14-11-27-19(21-14)22-18(24)15-3-2-10-23(15)29(25,26)17-9-8-16(20)28-17/h4-9,11,15H,2-3,10H2,1H3,(H,21,22,24). The molecule has 0 aliphatic carbocycles. The van der Waals surface area contributed by atoms with Crippen LogP contribution in [-0.4, -0.2) is 36.2 Å². The number of rotatable bonds is 5. The van der Waals surface area contributed by atoms with Crippen LogP contribution in [0.4, 0.5) is 5.13 Å². The Hall–Kier alpha value is -1.78. The molecule has 1 amide bonds. The molecule has 1 aliphatic rings. The van der Waals surface area contributed by atoms with E-state index in [1.165, 1.54) is 21.7 Å². The number of hydrogen-bond acceptors (Lipinski definition) is 6. The van der Waals surface area contributed by atoms with Crippen LogP contribution < -0.4 is 5.32 Å². The maximum absolute atomic E-state index is 12.9. The first kappa shape index (κ1) is 20.5. The van der Waals surface area contributed by atoms with Crippen molar-refractivity contribution in [1.82, 2.24) is 9.29 Å². The van der Waals surface area contributed by atoms with Crippen LogP contribution in [0.1, 0.15) is 18.4 Å². The Bertz CT molecular complexity index is 1140. The van der Waals surface area contributed by atoms with Crippen molar-refractivity contribution >= 4 is 55.3 Å². The highest BCUT2D eigenvalue weighted by Crippen LogP contribution is 2.33. The highest BCUT2D eigenvalue weighted by molar-refractivity contribution is 7.91. The fourth-order valence-corrected chi connectivity index (χ4v) is 7.21. The highest BCUT2D eigenvalue weighted by Gasteiger charge is 2.40. The zero-order chi connectivity index (χ0) is 20.6. The lowest BCUT2D eigenvalue weighted by Crippen LogP contribution is -2.42. The lowest BCUT2D eigenvalue weighted by Gasteiger charge is -2.22. The van der Waals surface area contributed by atoms with Gasteiger partial charge >= 0.3 is 0 Å². The van der Waals surface area contributed by atoms with Gasteiger partial charge in [0.2, 0.25) is 5.91 Å². The Labute approximate surface area is 182 Å². The molecule has 0 spiro atoms. The number of carbonyl (C=O) groups excluding carboxylic acids is 1. The van der Waals surface area contributed by atoms with Gasteiger partial charge in [0.05, 0.1) is 10.0 Å². The first-order valence-electron chi connectivity index (χ1n) is 8.95. The average Bonchev–Trinajstić information content (AvgIpc) is 3.42. The smallest absolute Gasteiger partial charge is 0.253 e. The van der Waals surface area contributed by atoms with Crippen LogP contribution in [0.2, 0.25) is 4.34 Å². The predicted octanol–water partition coefficient (Wildman–Crippen LogP) is 4.63. The summed E-state index contributed by atoms with van der Waals surface area (Å²) >= 11 is 8.20. The van der Waals surface area contributed by atoms with Gasteiger partial charge < -0.3 is 5.32 Å². The van der Waals surface area contributed by atoms with E-state index in [1.54, 1.807) is 6.07 Å². The van der Waals surface area contributed by atoms with Crippen molar-refractivity contribution in [2.75, 3.05) is 11.9 Å². The zero-order valence-electron chi connectivity index (χ0n) is 15.5. The Morgan fingerprint density at radius 1 is 1.24 bits per heavy atom. The van der Waals surface area contributed by atoms with Gasteiger partial charge in [-0.1, -0.05) is 41.4 Å². The first-order valence-corrected chi connectivity index (χ1v) is 12.5. The van der Waals surface area contributed by atoms with E-state index in [2.05, 4.69) is 10.3 Å². The topological polar surface area (TPSA) is 79.4 Å². The second kappa shape index (κ2) is 8.16. The van der Waals surface area contributed by atoms with Crippen LogP contribution in [-0.2, 0) is 14.8 Å². The number of hydrogen-bond donors (Lipinski definition) is 1. The number of halogens is 1. The van der Waals surface area contributed by atoms with Crippen LogP contribution >= 0.6 is 34.3 Å². The summed E-state index contributed by atoms with van der Waals surface area (Å²) in [6.07, 6.45) is 1.10. The van der Waals surface area contributed by atoms with E-state index in [9.17, 15) is 13.2 Å². The van der Waals surface area contributed by atoms with E-state index in [0.29, 0.717) is 28.9 Å². The van der Waals surface area contributed by atoms with Crippen molar-refractivity contribution in [3.05, 3.63) is 51.7 Å². The summed E-state index contributed by atoms with van der Waals surface area (Å²) in [4.78, 5) is 17.3. The summed E-state index contributed by atoms with van der Waals surface area (Å²) < 4.78 is 27.6. The number of nitrogens with one attached hydrogen (secondary N) is 1. The summed E-state index contributed by atoms with van der Waals surface area (Å²) in [5.41, 5.74) is 2.90. The van der Waals surface area contributed by atoms with Crippen LogP contribution in [0.15, 0.2) is 46.0 Å². The number of thiophene rings is 1. The van der Waals surface area contributed by atoms with E-state index < -0.39 is 16.1 Å². The summed E-state index contributed by atoms with van der Waals surface area (Å²) in [7, 11) is -3.76. The number of thiazole rings is 1. The molecule has 0 saturated carbocycles. The van der Waals surface area contributed by atoms with Gasteiger partial charge in [0.25, 0.3) is 10.0 Å². The van der Waals surface area contributed by atoms with Gasteiger partial charge in [0.1, 0.15) is 10.3 Å². The van der Waals surface area contributed by atoms with Gasteiger partial charge in [0, 0.05) is 17.5 Å². The van der Waals surface area contributed by atoms with E-state index >= 15 is 0 Å². The third-order valence-electron chi connectivity index (χ3n) is 4.70. The Morgan fingerprint density at radius 2 is 2.00 bits per heavy atom. The predicted molar refractivity (Wildman–Crippen MR) is 117 cm³/mol. The molecule has 3 aromatic rings. The summed E-state index contributed by atoms with van der Waals surface area (Å²) in [5.74, 6) is -0.362. The molecule has 0 radical (unpaired) electrons. The fraction of sp³-hybridized carbons (Fsp3) is 0.263. The third kappa shape index (κ3) is 4.24. The van der Waals surface area contributed by atoms with Crippen LogP contribution in [0.25, 0.3) is 11.3 Å². The van der Waals surface area contributed by atoms with Crippen molar-refractivity contribution in [2.45, 2.75) is 30.0 Å². The Kier molecular flexibility index (Phi) is 5.76. The van der Waals surface area contributed by atoms with E-state index in [4.69, 9.17) is 11.6 Å². The minimum absolute atomic E-state index is 0.151. The van der Waals surface area contributed by atoms with E-state index in [0.717, 1.165) is 28.2 Å². The van der Waals surface area contributed by atoms with Gasteiger partial charge in [-0.3, -0.25) is 4.79 Å². The number of aromatic nitrogens is 1. The van der Waals surface area contributed by atoms with Crippen LogP contribution in [0.5, 0.6) is 0 Å². The quantitative estimate of drug-likeness (QED) is 0.593. The number of amides is 1. The van der Waals surface area contributed by atoms with Crippen LogP contribution in [0.3, 0.4) is 0 Å². The maximum atomic E-state index is 12.9. The molecule has 1 atom stereocenters. The molecule has 1 unspecified atom stereocenters. The lowest BCUT2D eigenvalue weighted by atomic mass is 10.1. The van der Waals surface area contributed by atoms with Gasteiger partial charge in [0.15, 0.2) is 5.13 Å². The van der Waals surface area contributed by atoms with Gasteiger partial charge in [-0.2, -0.15) is 4.31 Å². The number of nitrogens with zero attached hydrogens (tertiary/aromatic N) is 2. The third-order valence-corrected chi connectivity index (χ3v) is 9.06. The minimum atomic E-state index is -3.76. The summed E-state index contributed by atoms with van der Waals surface area (Å²) in [5, 5.41) is 5.11. The molecule has 1 fully saturated rings.